The first-order valence-electron chi connectivity index (χ1n) is 6.09. The van der Waals surface area contributed by atoms with Crippen molar-refractivity contribution in [2.45, 2.75) is 0 Å². The van der Waals surface area contributed by atoms with Gasteiger partial charge in [0.2, 0.25) is 0 Å². The van der Waals surface area contributed by atoms with Crippen molar-refractivity contribution in [1.29, 1.82) is 0 Å². The van der Waals surface area contributed by atoms with Crippen LogP contribution in [0.5, 0.6) is 5.75 Å². The summed E-state index contributed by atoms with van der Waals surface area (Å²) < 4.78 is 4.93. The first-order chi connectivity index (χ1) is 11.3. The van der Waals surface area contributed by atoms with Crippen LogP contribution in [0.1, 0.15) is 5.56 Å². The van der Waals surface area contributed by atoms with Gasteiger partial charge < -0.3 is 9.84 Å². The molecular formula is C13H8BrCl2N3O4S. The highest BCUT2D eigenvalue weighted by atomic mass is 79.9. The van der Waals surface area contributed by atoms with Gasteiger partial charge in [0.25, 0.3) is 5.91 Å². The Morgan fingerprint density at radius 2 is 2.17 bits per heavy atom. The lowest BCUT2D eigenvalue weighted by atomic mass is 10.2. The van der Waals surface area contributed by atoms with Crippen LogP contribution in [0.15, 0.2) is 31.7 Å². The lowest BCUT2D eigenvalue weighted by Gasteiger charge is -2.05. The average Bonchev–Trinajstić information content (AvgIpc) is 2.89. The number of carbonyl (C=O) groups is 2. The molecule has 7 nitrogen and oxygen atoms in total. The molecule has 1 aromatic carbocycles. The Hall–Kier alpha value is -1.55. The number of nitrogens with zero attached hydrogens (tertiary/aromatic N) is 2. The van der Waals surface area contributed by atoms with Gasteiger partial charge in [-0.1, -0.05) is 23.2 Å². The molecule has 1 aromatic rings. The van der Waals surface area contributed by atoms with Crippen molar-refractivity contribution in [2.75, 3.05) is 7.11 Å². The zero-order valence-electron chi connectivity index (χ0n) is 11.8. The van der Waals surface area contributed by atoms with Crippen LogP contribution in [0.25, 0.3) is 0 Å². The Balaban J connectivity index is 2.18. The first-order valence-corrected chi connectivity index (χ1v) is 8.46. The summed E-state index contributed by atoms with van der Waals surface area (Å²) in [6.07, 6.45) is 2.29. The number of halogens is 3. The molecule has 1 saturated heterocycles. The van der Waals surface area contributed by atoms with E-state index in [0.717, 1.165) is 17.8 Å². The van der Waals surface area contributed by atoms with Crippen LogP contribution >= 0.6 is 50.9 Å². The molecule has 11 heteroatoms. The number of amidine groups is 1. The van der Waals surface area contributed by atoms with E-state index in [4.69, 9.17) is 23.2 Å². The molecule has 0 unspecified atom stereocenters. The van der Waals surface area contributed by atoms with Gasteiger partial charge in [0.05, 0.1) is 23.3 Å². The third-order valence-electron chi connectivity index (χ3n) is 2.61. The summed E-state index contributed by atoms with van der Waals surface area (Å²) in [5.41, 5.74) is 0.278. The van der Waals surface area contributed by atoms with Crippen molar-refractivity contribution in [3.63, 3.8) is 0 Å². The second-order valence-electron chi connectivity index (χ2n) is 4.16. The van der Waals surface area contributed by atoms with Crippen LogP contribution in [0.4, 0.5) is 0 Å². The molecule has 0 spiro atoms. The van der Waals surface area contributed by atoms with Crippen molar-refractivity contribution in [2.24, 2.45) is 10.2 Å². The maximum absolute atomic E-state index is 11.6. The molecule has 0 aliphatic carbocycles. The fourth-order valence-corrected chi connectivity index (χ4v) is 3.14. The minimum Gasteiger partial charge on any atom is -0.506 e. The van der Waals surface area contributed by atoms with Crippen LogP contribution in [0.3, 0.4) is 0 Å². The third kappa shape index (κ3) is 4.29. The summed E-state index contributed by atoms with van der Waals surface area (Å²) >= 11 is 15.9. The summed E-state index contributed by atoms with van der Waals surface area (Å²) in [7, 11) is 1.21. The highest BCUT2D eigenvalue weighted by Crippen LogP contribution is 2.38. The number of esters is 1. The highest BCUT2D eigenvalue weighted by molar-refractivity contribution is 9.10. The number of amides is 1. The summed E-state index contributed by atoms with van der Waals surface area (Å²) in [6, 6.07) is 1.51. The van der Waals surface area contributed by atoms with Crippen LogP contribution in [-0.2, 0) is 14.3 Å². The largest absolute Gasteiger partial charge is 0.506 e. The normalized spacial score (nSPS) is 17.8. The van der Waals surface area contributed by atoms with E-state index >= 15 is 0 Å². The molecule has 0 bridgehead atoms. The number of hydrogen-bond donors (Lipinski definition) is 2. The summed E-state index contributed by atoms with van der Waals surface area (Å²) in [5.74, 6) is -1.38. The molecule has 1 amide bonds. The maximum atomic E-state index is 11.6. The van der Waals surface area contributed by atoms with Gasteiger partial charge in [0.15, 0.2) is 5.17 Å². The second-order valence-corrected chi connectivity index (χ2v) is 6.80. The highest BCUT2D eigenvalue weighted by Gasteiger charge is 2.25. The Morgan fingerprint density at radius 1 is 1.46 bits per heavy atom. The van der Waals surface area contributed by atoms with Crippen LogP contribution < -0.4 is 5.32 Å². The summed E-state index contributed by atoms with van der Waals surface area (Å²) in [6.45, 7) is 0. The number of carbonyl (C=O) groups excluding carboxylic acids is 2. The van der Waals surface area contributed by atoms with Gasteiger partial charge in [0, 0.05) is 16.1 Å². The van der Waals surface area contributed by atoms with Gasteiger partial charge in [-0.3, -0.25) is 10.1 Å². The predicted octanol–water partition coefficient (Wildman–Crippen LogP) is 3.07. The van der Waals surface area contributed by atoms with E-state index in [0.29, 0.717) is 4.47 Å². The van der Waals surface area contributed by atoms with Crippen molar-refractivity contribution in [3.8, 4) is 5.75 Å². The Morgan fingerprint density at radius 3 is 2.83 bits per heavy atom. The van der Waals surface area contributed by atoms with E-state index in [2.05, 4.69) is 36.2 Å². The van der Waals surface area contributed by atoms with Gasteiger partial charge >= 0.3 is 5.97 Å². The molecule has 0 saturated carbocycles. The van der Waals surface area contributed by atoms with Gasteiger partial charge in [-0.2, -0.15) is 5.10 Å². The van der Waals surface area contributed by atoms with Crippen molar-refractivity contribution in [1.82, 2.24) is 5.32 Å². The molecule has 24 heavy (non-hydrogen) atoms. The molecule has 1 fully saturated rings. The number of aromatic hydroxyl groups is 1. The Kier molecular flexibility index (Phi) is 6.27. The number of thioether (sulfide) groups is 1. The number of methoxy groups -OCH3 is 1. The fraction of sp³-hybridized carbons (Fsp3) is 0.0769. The molecule has 1 aliphatic heterocycles. The van der Waals surface area contributed by atoms with Crippen molar-refractivity contribution < 1.29 is 19.4 Å². The number of benzene rings is 1. The topological polar surface area (TPSA) is 100 Å². The van der Waals surface area contributed by atoms with Gasteiger partial charge in [-0.15, -0.1) is 5.10 Å². The number of nitrogens with one attached hydrogen (secondary N) is 1. The van der Waals surface area contributed by atoms with Crippen molar-refractivity contribution >= 4 is 74.2 Å². The Bertz CT molecular complexity index is 811. The zero-order chi connectivity index (χ0) is 17.9. The van der Waals surface area contributed by atoms with E-state index in [-0.39, 0.29) is 31.4 Å². The molecule has 126 valence electrons. The van der Waals surface area contributed by atoms with E-state index in [1.165, 1.54) is 19.4 Å². The minimum absolute atomic E-state index is 0.0213. The van der Waals surface area contributed by atoms with Crippen LogP contribution in [0.2, 0.25) is 10.0 Å². The van der Waals surface area contributed by atoms with Crippen LogP contribution in [-0.4, -0.2) is 35.5 Å². The molecule has 0 aromatic heterocycles. The van der Waals surface area contributed by atoms with Gasteiger partial charge in [0.1, 0.15) is 10.8 Å². The molecule has 2 rings (SSSR count). The number of phenolic OH excluding ortho intramolecular Hbond substituents is 1. The molecule has 2 N–H and O–H groups in total. The van der Waals surface area contributed by atoms with E-state index < -0.39 is 11.9 Å². The monoisotopic (exact) mass is 451 g/mol. The van der Waals surface area contributed by atoms with E-state index in [1.54, 1.807) is 0 Å². The Labute approximate surface area is 158 Å². The molecule has 1 aliphatic rings. The molecular weight excluding hydrogens is 445 g/mol. The minimum atomic E-state index is -0.650. The van der Waals surface area contributed by atoms with Gasteiger partial charge in [-0.25, -0.2) is 4.79 Å². The fourth-order valence-electron chi connectivity index (χ4n) is 1.49. The average molecular weight is 453 g/mol. The molecule has 0 atom stereocenters. The summed E-state index contributed by atoms with van der Waals surface area (Å²) in [5, 5.41) is 20.2. The SMILES string of the molecule is COC(=O)/C=C1/S/C(=N\N=Cc2cc(Br)c(Cl)c(Cl)c2O)NC1=O. The summed E-state index contributed by atoms with van der Waals surface area (Å²) in [4.78, 5) is 22.9. The lowest BCUT2D eigenvalue weighted by molar-refractivity contribution is -0.135. The smallest absolute Gasteiger partial charge is 0.331 e. The number of ether oxygens (including phenoxy) is 1. The first kappa shape index (κ1) is 18.8. The van der Waals surface area contributed by atoms with Gasteiger partial charge in [-0.05, 0) is 33.8 Å². The number of rotatable bonds is 3. The van der Waals surface area contributed by atoms with Crippen molar-refractivity contribution in [3.05, 3.63) is 37.1 Å². The number of phenols is 1. The predicted molar refractivity (Wildman–Crippen MR) is 96.7 cm³/mol. The standard InChI is InChI=1S/C13H8BrCl2N3O4S/c1-23-8(20)3-7-12(22)18-13(24-7)19-17-4-5-2-6(14)9(15)10(16)11(5)21/h2-4,21H,1H3,(H,18,19,22)/b7-3+,17-4?. The molecule has 0 radical (unpaired) electrons. The van der Waals surface area contributed by atoms with E-state index in [9.17, 15) is 14.7 Å². The molecule has 1 heterocycles. The maximum Gasteiger partial charge on any atom is 0.331 e. The lowest BCUT2D eigenvalue weighted by Crippen LogP contribution is -2.19. The van der Waals surface area contributed by atoms with Crippen LogP contribution in [0, 0.1) is 0 Å². The quantitative estimate of drug-likeness (QED) is 0.241. The third-order valence-corrected chi connectivity index (χ3v) is 5.22. The second kappa shape index (κ2) is 8.02. The zero-order valence-corrected chi connectivity index (χ0v) is 15.8. The number of hydrogen-bond acceptors (Lipinski definition) is 7. The van der Waals surface area contributed by atoms with E-state index in [1.807, 2.05) is 0 Å².